The SMILES string of the molecule is C=CC(C#Cc1ccccc1)C(C(=O)OC)C(=O)OC. The van der Waals surface area contributed by atoms with Crippen molar-refractivity contribution in [2.24, 2.45) is 11.8 Å². The zero-order chi connectivity index (χ0) is 15.0. The first kappa shape index (κ1) is 15.5. The Hall–Kier alpha value is -2.54. The first-order valence-corrected chi connectivity index (χ1v) is 5.98. The fraction of sp³-hybridized carbons (Fsp3) is 0.250. The molecule has 1 atom stereocenters. The molecular formula is C16H16O4. The van der Waals surface area contributed by atoms with Gasteiger partial charge in [0.1, 0.15) is 0 Å². The van der Waals surface area contributed by atoms with Crippen LogP contribution in [0, 0.1) is 23.7 Å². The van der Waals surface area contributed by atoms with Crippen LogP contribution in [0.5, 0.6) is 0 Å². The predicted molar refractivity (Wildman–Crippen MR) is 74.5 cm³/mol. The summed E-state index contributed by atoms with van der Waals surface area (Å²) >= 11 is 0. The van der Waals surface area contributed by atoms with Gasteiger partial charge in [0.25, 0.3) is 0 Å². The molecule has 0 amide bonds. The minimum absolute atomic E-state index is 0.671. The summed E-state index contributed by atoms with van der Waals surface area (Å²) in [4.78, 5) is 23.4. The Labute approximate surface area is 118 Å². The molecule has 0 aliphatic heterocycles. The lowest BCUT2D eigenvalue weighted by atomic mass is 9.92. The molecule has 0 radical (unpaired) electrons. The second-order valence-electron chi connectivity index (χ2n) is 3.92. The Kier molecular flexibility index (Phi) is 6.05. The van der Waals surface area contributed by atoms with E-state index in [2.05, 4.69) is 27.9 Å². The summed E-state index contributed by atoms with van der Waals surface area (Å²) in [5.41, 5.74) is 0.785. The van der Waals surface area contributed by atoms with Crippen molar-refractivity contribution in [3.8, 4) is 11.8 Å². The van der Waals surface area contributed by atoms with Crippen LogP contribution in [-0.4, -0.2) is 26.2 Å². The largest absolute Gasteiger partial charge is 0.468 e. The van der Waals surface area contributed by atoms with E-state index in [9.17, 15) is 9.59 Å². The highest BCUT2D eigenvalue weighted by atomic mass is 16.5. The molecule has 0 heterocycles. The molecule has 1 aromatic carbocycles. The van der Waals surface area contributed by atoms with Crippen LogP contribution in [0.3, 0.4) is 0 Å². The van der Waals surface area contributed by atoms with Gasteiger partial charge >= 0.3 is 11.9 Å². The van der Waals surface area contributed by atoms with E-state index in [0.717, 1.165) is 5.56 Å². The van der Waals surface area contributed by atoms with Gasteiger partial charge in [-0.1, -0.05) is 36.1 Å². The van der Waals surface area contributed by atoms with E-state index in [-0.39, 0.29) is 0 Å². The van der Waals surface area contributed by atoms with Crippen molar-refractivity contribution in [2.75, 3.05) is 14.2 Å². The maximum Gasteiger partial charge on any atom is 0.321 e. The maximum absolute atomic E-state index is 11.7. The van der Waals surface area contributed by atoms with Crippen LogP contribution in [0.15, 0.2) is 43.0 Å². The van der Waals surface area contributed by atoms with Gasteiger partial charge in [0.2, 0.25) is 0 Å². The van der Waals surface area contributed by atoms with E-state index >= 15 is 0 Å². The maximum atomic E-state index is 11.7. The molecule has 0 aromatic heterocycles. The first-order chi connectivity index (χ1) is 9.63. The van der Waals surface area contributed by atoms with E-state index in [0.29, 0.717) is 0 Å². The third-order valence-electron chi connectivity index (χ3n) is 2.68. The molecule has 0 aliphatic rings. The molecule has 0 saturated carbocycles. The Balaban J connectivity index is 3.03. The molecule has 4 heteroatoms. The van der Waals surface area contributed by atoms with Gasteiger partial charge < -0.3 is 9.47 Å². The summed E-state index contributed by atoms with van der Waals surface area (Å²) in [5.74, 6) is 2.57. The van der Waals surface area contributed by atoms with E-state index in [1.165, 1.54) is 20.3 Å². The number of allylic oxidation sites excluding steroid dienone is 1. The molecule has 1 rings (SSSR count). The summed E-state index contributed by atoms with van der Waals surface area (Å²) in [5, 5.41) is 0. The van der Waals surface area contributed by atoms with Gasteiger partial charge in [-0.2, -0.15) is 0 Å². The smallest absolute Gasteiger partial charge is 0.321 e. The Bertz CT molecular complexity index is 521. The molecule has 0 bridgehead atoms. The molecule has 4 nitrogen and oxygen atoms in total. The number of rotatable bonds is 4. The van der Waals surface area contributed by atoms with Crippen LogP contribution in [0.25, 0.3) is 0 Å². The highest BCUT2D eigenvalue weighted by Crippen LogP contribution is 2.16. The molecular weight excluding hydrogens is 256 g/mol. The highest BCUT2D eigenvalue weighted by Gasteiger charge is 2.34. The number of carbonyl (C=O) groups is 2. The number of methoxy groups -OCH3 is 2. The summed E-state index contributed by atoms with van der Waals surface area (Å²) < 4.78 is 9.23. The Morgan fingerprint density at radius 3 is 2.15 bits per heavy atom. The lowest BCUT2D eigenvalue weighted by Crippen LogP contribution is -2.32. The van der Waals surface area contributed by atoms with Crippen molar-refractivity contribution in [1.29, 1.82) is 0 Å². The van der Waals surface area contributed by atoms with Crippen LogP contribution in [0.4, 0.5) is 0 Å². The standard InChI is InChI=1S/C16H16O4/c1-4-13(11-10-12-8-6-5-7-9-12)14(15(17)19-2)16(18)20-3/h4-9,13-14H,1H2,2-3H3. The number of benzene rings is 1. The summed E-state index contributed by atoms with van der Waals surface area (Å²) in [6.45, 7) is 3.61. The zero-order valence-corrected chi connectivity index (χ0v) is 11.5. The van der Waals surface area contributed by atoms with Crippen LogP contribution in [0.2, 0.25) is 0 Å². The van der Waals surface area contributed by atoms with Gasteiger partial charge in [-0.05, 0) is 12.1 Å². The third-order valence-corrected chi connectivity index (χ3v) is 2.68. The average molecular weight is 272 g/mol. The van der Waals surface area contributed by atoms with Gasteiger partial charge in [-0.15, -0.1) is 6.58 Å². The van der Waals surface area contributed by atoms with Crippen molar-refractivity contribution in [2.45, 2.75) is 0 Å². The number of carbonyl (C=O) groups excluding carboxylic acids is 2. The molecule has 0 aliphatic carbocycles. The molecule has 1 aromatic rings. The number of hydrogen-bond acceptors (Lipinski definition) is 4. The first-order valence-electron chi connectivity index (χ1n) is 5.98. The van der Waals surface area contributed by atoms with E-state index in [4.69, 9.17) is 0 Å². The van der Waals surface area contributed by atoms with Crippen molar-refractivity contribution in [1.82, 2.24) is 0 Å². The molecule has 1 unspecified atom stereocenters. The fourth-order valence-electron chi connectivity index (χ4n) is 1.61. The monoisotopic (exact) mass is 272 g/mol. The quantitative estimate of drug-likeness (QED) is 0.363. The fourth-order valence-corrected chi connectivity index (χ4v) is 1.61. The minimum atomic E-state index is -1.13. The normalized spacial score (nSPS) is 10.9. The van der Waals surface area contributed by atoms with Crippen LogP contribution in [-0.2, 0) is 19.1 Å². The second-order valence-corrected chi connectivity index (χ2v) is 3.92. The topological polar surface area (TPSA) is 52.6 Å². The predicted octanol–water partition coefficient (Wildman–Crippen LogP) is 1.80. The number of hydrogen-bond donors (Lipinski definition) is 0. The van der Waals surface area contributed by atoms with E-state index in [1.807, 2.05) is 30.3 Å². The summed E-state index contributed by atoms with van der Waals surface area (Å²) in [6.07, 6.45) is 1.44. The van der Waals surface area contributed by atoms with E-state index < -0.39 is 23.8 Å². The molecule has 0 fully saturated rings. The molecule has 0 saturated heterocycles. The van der Waals surface area contributed by atoms with Gasteiger partial charge in [-0.3, -0.25) is 9.59 Å². The summed E-state index contributed by atoms with van der Waals surface area (Å²) in [6, 6.07) is 9.24. The van der Waals surface area contributed by atoms with Crippen molar-refractivity contribution >= 4 is 11.9 Å². The van der Waals surface area contributed by atoms with E-state index in [1.54, 1.807) is 0 Å². The molecule has 0 N–H and O–H groups in total. The van der Waals surface area contributed by atoms with Gasteiger partial charge in [0.05, 0.1) is 20.1 Å². The van der Waals surface area contributed by atoms with Crippen LogP contribution >= 0.6 is 0 Å². The van der Waals surface area contributed by atoms with Gasteiger partial charge in [-0.25, -0.2) is 0 Å². The summed E-state index contributed by atoms with van der Waals surface area (Å²) in [7, 11) is 2.42. The molecule has 20 heavy (non-hydrogen) atoms. The van der Waals surface area contributed by atoms with Crippen molar-refractivity contribution < 1.29 is 19.1 Å². The average Bonchev–Trinajstić information content (AvgIpc) is 2.51. The Morgan fingerprint density at radius 1 is 1.15 bits per heavy atom. The van der Waals surface area contributed by atoms with Gasteiger partial charge in [0.15, 0.2) is 5.92 Å². The minimum Gasteiger partial charge on any atom is -0.468 e. The van der Waals surface area contributed by atoms with Crippen molar-refractivity contribution in [3.63, 3.8) is 0 Å². The second kappa shape index (κ2) is 7.80. The Morgan fingerprint density at radius 2 is 1.70 bits per heavy atom. The lowest BCUT2D eigenvalue weighted by Gasteiger charge is -2.15. The lowest BCUT2D eigenvalue weighted by molar-refractivity contribution is -0.159. The van der Waals surface area contributed by atoms with Gasteiger partial charge in [0, 0.05) is 5.56 Å². The van der Waals surface area contributed by atoms with Crippen LogP contribution < -0.4 is 0 Å². The molecule has 0 spiro atoms. The molecule has 104 valence electrons. The van der Waals surface area contributed by atoms with Crippen molar-refractivity contribution in [3.05, 3.63) is 48.6 Å². The number of esters is 2. The highest BCUT2D eigenvalue weighted by molar-refractivity contribution is 5.95. The zero-order valence-electron chi connectivity index (χ0n) is 11.5. The van der Waals surface area contributed by atoms with Crippen LogP contribution in [0.1, 0.15) is 5.56 Å². The number of ether oxygens (including phenoxy) is 2. The third kappa shape index (κ3) is 3.99.